The summed E-state index contributed by atoms with van der Waals surface area (Å²) in [7, 11) is 0. The van der Waals surface area contributed by atoms with Gasteiger partial charge in [-0.05, 0) is 57.8 Å². The Morgan fingerprint density at radius 2 is 1.69 bits per heavy atom. The normalized spacial score (nSPS) is 22.0. The average Bonchev–Trinajstić information content (AvgIpc) is 2.52. The molecule has 0 unspecified atom stereocenters. The summed E-state index contributed by atoms with van der Waals surface area (Å²) in [5, 5.41) is 0. The highest BCUT2D eigenvalue weighted by molar-refractivity contribution is 14.0. The van der Waals surface area contributed by atoms with Crippen LogP contribution < -0.4 is 5.73 Å². The molecule has 2 heterocycles. The van der Waals surface area contributed by atoms with E-state index in [9.17, 15) is 4.79 Å². The first-order valence-corrected chi connectivity index (χ1v) is 9.61. The summed E-state index contributed by atoms with van der Waals surface area (Å²) in [5.74, 6) is 1.47. The predicted molar refractivity (Wildman–Crippen MR) is 117 cm³/mol. The van der Waals surface area contributed by atoms with Crippen molar-refractivity contribution in [3.8, 4) is 0 Å². The van der Waals surface area contributed by atoms with Crippen LogP contribution in [0.25, 0.3) is 0 Å². The number of carbonyl (C=O) groups excluding carboxylic acids is 1. The number of halogens is 1. The second-order valence-electron chi connectivity index (χ2n) is 9.12. The molecule has 2 rings (SSSR count). The molecule has 2 aliphatic rings. The van der Waals surface area contributed by atoms with E-state index in [1.165, 1.54) is 12.8 Å². The van der Waals surface area contributed by atoms with E-state index in [0.29, 0.717) is 5.96 Å². The summed E-state index contributed by atoms with van der Waals surface area (Å²) in [6.45, 7) is 14.4. The van der Waals surface area contributed by atoms with Crippen molar-refractivity contribution in [2.24, 2.45) is 22.1 Å². The Morgan fingerprint density at radius 3 is 2.19 bits per heavy atom. The van der Waals surface area contributed by atoms with E-state index in [1.807, 2.05) is 25.7 Å². The smallest absolute Gasteiger partial charge is 0.410 e. The SMILES string of the molecule is CC1CCN(C(N)=NCC2(C)CCN(C(=O)OC(C)(C)C)CC2)CC1.I. The van der Waals surface area contributed by atoms with Crippen LogP contribution in [0.5, 0.6) is 0 Å². The van der Waals surface area contributed by atoms with Crippen LogP contribution >= 0.6 is 24.0 Å². The van der Waals surface area contributed by atoms with Gasteiger partial charge in [-0.3, -0.25) is 4.99 Å². The van der Waals surface area contributed by atoms with Crippen molar-refractivity contribution in [1.29, 1.82) is 0 Å². The highest BCUT2D eigenvalue weighted by Gasteiger charge is 2.33. The van der Waals surface area contributed by atoms with Crippen molar-refractivity contribution in [3.63, 3.8) is 0 Å². The molecule has 0 aromatic rings. The van der Waals surface area contributed by atoms with E-state index in [1.54, 1.807) is 0 Å². The number of ether oxygens (including phenoxy) is 1. The number of amides is 1. The quantitative estimate of drug-likeness (QED) is 0.372. The van der Waals surface area contributed by atoms with Crippen molar-refractivity contribution in [1.82, 2.24) is 9.80 Å². The molecule has 0 spiro atoms. The minimum Gasteiger partial charge on any atom is -0.444 e. The number of guanidine groups is 1. The average molecular weight is 480 g/mol. The molecular weight excluding hydrogens is 443 g/mol. The van der Waals surface area contributed by atoms with Gasteiger partial charge in [0.05, 0.1) is 0 Å². The fourth-order valence-electron chi connectivity index (χ4n) is 3.32. The van der Waals surface area contributed by atoms with Crippen molar-refractivity contribution in [3.05, 3.63) is 0 Å². The van der Waals surface area contributed by atoms with Gasteiger partial charge >= 0.3 is 6.09 Å². The Bertz CT molecular complexity index is 488. The number of carbonyl (C=O) groups is 1. The minimum atomic E-state index is -0.442. The lowest BCUT2D eigenvalue weighted by molar-refractivity contribution is 0.0127. The highest BCUT2D eigenvalue weighted by atomic mass is 127. The Labute approximate surface area is 175 Å². The molecule has 6 nitrogen and oxygen atoms in total. The molecule has 0 atom stereocenters. The molecule has 0 radical (unpaired) electrons. The van der Waals surface area contributed by atoms with Gasteiger partial charge in [0.15, 0.2) is 5.96 Å². The first-order chi connectivity index (χ1) is 11.6. The molecule has 7 heteroatoms. The zero-order chi connectivity index (χ0) is 18.7. The number of hydrogen-bond acceptors (Lipinski definition) is 3. The zero-order valence-electron chi connectivity index (χ0n) is 17.1. The second-order valence-corrected chi connectivity index (χ2v) is 9.12. The van der Waals surface area contributed by atoms with Crippen LogP contribution in [0.2, 0.25) is 0 Å². The Morgan fingerprint density at radius 1 is 1.15 bits per heavy atom. The Balaban J connectivity index is 0.00000338. The number of nitrogens with zero attached hydrogens (tertiary/aromatic N) is 3. The van der Waals surface area contributed by atoms with E-state index in [0.717, 1.165) is 51.5 Å². The lowest BCUT2D eigenvalue weighted by Gasteiger charge is -2.39. The van der Waals surface area contributed by atoms with Crippen LogP contribution in [0.3, 0.4) is 0 Å². The standard InChI is InChI=1S/C19H36N4O2.HI/c1-15-6-10-22(11-7-15)16(20)21-14-19(5)8-12-23(13-9-19)17(24)25-18(2,3)4;/h15H,6-14H2,1-5H3,(H2,20,21);1H. The number of piperidine rings is 2. The first kappa shape index (κ1) is 23.3. The van der Waals surface area contributed by atoms with E-state index in [2.05, 4.69) is 23.7 Å². The third-order valence-corrected chi connectivity index (χ3v) is 5.35. The van der Waals surface area contributed by atoms with E-state index < -0.39 is 5.60 Å². The Kier molecular flexibility index (Phi) is 8.48. The lowest BCUT2D eigenvalue weighted by Crippen LogP contribution is -2.46. The van der Waals surface area contributed by atoms with E-state index >= 15 is 0 Å². The molecule has 2 saturated heterocycles. The molecule has 0 saturated carbocycles. The van der Waals surface area contributed by atoms with Gasteiger partial charge in [0.1, 0.15) is 5.60 Å². The topological polar surface area (TPSA) is 71.2 Å². The summed E-state index contributed by atoms with van der Waals surface area (Å²) in [5.41, 5.74) is 5.87. The van der Waals surface area contributed by atoms with Crippen LogP contribution in [0, 0.1) is 11.3 Å². The molecule has 0 aromatic heterocycles. The maximum Gasteiger partial charge on any atom is 0.410 e. The number of hydrogen-bond donors (Lipinski definition) is 1. The summed E-state index contributed by atoms with van der Waals surface area (Å²) in [6, 6.07) is 0. The molecule has 152 valence electrons. The van der Waals surface area contributed by atoms with Crippen LogP contribution in [0.1, 0.15) is 60.3 Å². The molecule has 0 bridgehead atoms. The van der Waals surface area contributed by atoms with E-state index in [-0.39, 0.29) is 35.5 Å². The van der Waals surface area contributed by atoms with Crippen molar-refractivity contribution in [2.45, 2.75) is 65.9 Å². The second kappa shape index (κ2) is 9.46. The van der Waals surface area contributed by atoms with Gasteiger partial charge < -0.3 is 20.3 Å². The van der Waals surface area contributed by atoms with Gasteiger partial charge in [-0.15, -0.1) is 24.0 Å². The summed E-state index contributed by atoms with van der Waals surface area (Å²) in [6.07, 6.45) is 4.04. The van der Waals surface area contributed by atoms with Crippen LogP contribution in [0.15, 0.2) is 4.99 Å². The lowest BCUT2D eigenvalue weighted by atomic mass is 9.80. The van der Waals surface area contributed by atoms with Gasteiger partial charge in [-0.1, -0.05) is 13.8 Å². The number of nitrogens with two attached hydrogens (primary N) is 1. The van der Waals surface area contributed by atoms with Crippen molar-refractivity contribution < 1.29 is 9.53 Å². The fraction of sp³-hybridized carbons (Fsp3) is 0.895. The van der Waals surface area contributed by atoms with Crippen molar-refractivity contribution in [2.75, 3.05) is 32.7 Å². The Hall–Kier alpha value is -0.730. The van der Waals surface area contributed by atoms with Gasteiger partial charge in [0.25, 0.3) is 0 Å². The maximum atomic E-state index is 12.2. The largest absolute Gasteiger partial charge is 0.444 e. The highest BCUT2D eigenvalue weighted by Crippen LogP contribution is 2.32. The number of aliphatic imine (C=N–C) groups is 1. The van der Waals surface area contributed by atoms with Crippen molar-refractivity contribution >= 4 is 36.0 Å². The fourth-order valence-corrected chi connectivity index (χ4v) is 3.32. The molecule has 2 fully saturated rings. The molecule has 0 aliphatic carbocycles. The summed E-state index contributed by atoms with van der Waals surface area (Å²) >= 11 is 0. The molecular formula is C19H37IN4O2. The molecule has 26 heavy (non-hydrogen) atoms. The van der Waals surface area contributed by atoms with E-state index in [4.69, 9.17) is 10.5 Å². The zero-order valence-corrected chi connectivity index (χ0v) is 19.4. The van der Waals surface area contributed by atoms with Crippen LogP contribution in [0.4, 0.5) is 4.79 Å². The maximum absolute atomic E-state index is 12.2. The molecule has 2 N–H and O–H groups in total. The van der Waals surface area contributed by atoms with Crippen LogP contribution in [-0.2, 0) is 4.74 Å². The summed E-state index contributed by atoms with van der Waals surface area (Å²) < 4.78 is 5.46. The number of likely N-dealkylation sites (tertiary alicyclic amines) is 2. The number of rotatable bonds is 2. The third kappa shape index (κ3) is 7.12. The van der Waals surface area contributed by atoms with Gasteiger partial charge in [-0.25, -0.2) is 4.79 Å². The van der Waals surface area contributed by atoms with Gasteiger partial charge in [0.2, 0.25) is 0 Å². The molecule has 0 aromatic carbocycles. The monoisotopic (exact) mass is 480 g/mol. The molecule has 2 aliphatic heterocycles. The molecule has 1 amide bonds. The van der Waals surface area contributed by atoms with Gasteiger partial charge in [0, 0.05) is 32.7 Å². The third-order valence-electron chi connectivity index (χ3n) is 5.35. The van der Waals surface area contributed by atoms with Crippen LogP contribution in [-0.4, -0.2) is 60.2 Å². The minimum absolute atomic E-state index is 0. The first-order valence-electron chi connectivity index (χ1n) is 9.61. The predicted octanol–water partition coefficient (Wildman–Crippen LogP) is 3.69. The van der Waals surface area contributed by atoms with Gasteiger partial charge in [-0.2, -0.15) is 0 Å². The summed E-state index contributed by atoms with van der Waals surface area (Å²) in [4.78, 5) is 20.9.